The fourth-order valence-electron chi connectivity index (χ4n) is 0.816. The van der Waals surface area contributed by atoms with E-state index in [9.17, 15) is 13.2 Å². The van der Waals surface area contributed by atoms with E-state index >= 15 is 0 Å². The summed E-state index contributed by atoms with van der Waals surface area (Å²) < 4.78 is 24.1. The van der Waals surface area contributed by atoms with Crippen LogP contribution in [0.5, 0.6) is 0 Å². The van der Waals surface area contributed by atoms with Gasteiger partial charge in [0.1, 0.15) is 5.69 Å². The summed E-state index contributed by atoms with van der Waals surface area (Å²) in [4.78, 5) is 15.1. The lowest BCUT2D eigenvalue weighted by molar-refractivity contribution is 0.0952. The standard InChI is InChI=1S/C7H11N3O3S2/c1-8-15(12,13)3-2-9-7(11)6-4-14-5-10-6/h4-5,8H,2-3H2,1H3,(H,9,11). The van der Waals surface area contributed by atoms with Gasteiger partial charge in [-0.15, -0.1) is 11.3 Å². The molecule has 1 rings (SSSR count). The lowest BCUT2D eigenvalue weighted by Crippen LogP contribution is -2.33. The molecule has 0 saturated heterocycles. The number of carbonyl (C=O) groups excluding carboxylic acids is 1. The number of nitrogens with zero attached hydrogens (tertiary/aromatic N) is 1. The number of hydrogen-bond donors (Lipinski definition) is 2. The van der Waals surface area contributed by atoms with Crippen molar-refractivity contribution in [1.29, 1.82) is 0 Å². The highest BCUT2D eigenvalue weighted by Crippen LogP contribution is 1.99. The van der Waals surface area contributed by atoms with E-state index in [1.54, 1.807) is 10.9 Å². The summed E-state index contributed by atoms with van der Waals surface area (Å²) in [7, 11) is -1.94. The Labute approximate surface area is 91.8 Å². The van der Waals surface area contributed by atoms with Crippen molar-refractivity contribution in [1.82, 2.24) is 15.0 Å². The summed E-state index contributed by atoms with van der Waals surface area (Å²) in [5.41, 5.74) is 1.85. The SMILES string of the molecule is CNS(=O)(=O)CCNC(=O)c1cscn1. The maximum Gasteiger partial charge on any atom is 0.270 e. The van der Waals surface area contributed by atoms with Crippen molar-refractivity contribution in [3.63, 3.8) is 0 Å². The van der Waals surface area contributed by atoms with Crippen LogP contribution in [0, 0.1) is 0 Å². The third kappa shape index (κ3) is 3.94. The summed E-state index contributed by atoms with van der Waals surface area (Å²) in [6.07, 6.45) is 0. The maximum absolute atomic E-state index is 11.3. The first kappa shape index (κ1) is 12.1. The predicted molar refractivity (Wildman–Crippen MR) is 57.3 cm³/mol. The zero-order valence-electron chi connectivity index (χ0n) is 8.06. The highest BCUT2D eigenvalue weighted by atomic mass is 32.2. The fraction of sp³-hybridized carbons (Fsp3) is 0.429. The number of carbonyl (C=O) groups is 1. The van der Waals surface area contributed by atoms with Crippen molar-refractivity contribution in [2.45, 2.75) is 0 Å². The number of thiazole rings is 1. The molecular weight excluding hydrogens is 238 g/mol. The number of hydrogen-bond acceptors (Lipinski definition) is 5. The Kier molecular flexibility index (Phi) is 4.18. The Balaban J connectivity index is 2.36. The topological polar surface area (TPSA) is 88.2 Å². The molecule has 1 amide bonds. The van der Waals surface area contributed by atoms with Gasteiger partial charge in [0.05, 0.1) is 11.3 Å². The Hall–Kier alpha value is -0.990. The molecule has 0 unspecified atom stereocenters. The van der Waals surface area contributed by atoms with Gasteiger partial charge in [-0.05, 0) is 7.05 Å². The van der Waals surface area contributed by atoms with E-state index in [2.05, 4.69) is 15.0 Å². The highest BCUT2D eigenvalue weighted by Gasteiger charge is 2.10. The van der Waals surface area contributed by atoms with E-state index in [-0.39, 0.29) is 18.2 Å². The highest BCUT2D eigenvalue weighted by molar-refractivity contribution is 7.89. The molecule has 0 saturated carbocycles. The van der Waals surface area contributed by atoms with Crippen LogP contribution < -0.4 is 10.0 Å². The van der Waals surface area contributed by atoms with Crippen molar-refractivity contribution in [2.24, 2.45) is 0 Å². The first-order valence-corrected chi connectivity index (χ1v) is 6.72. The van der Waals surface area contributed by atoms with E-state index in [1.165, 1.54) is 18.4 Å². The number of rotatable bonds is 5. The summed E-state index contributed by atoms with van der Waals surface area (Å²) in [5, 5.41) is 4.06. The first-order chi connectivity index (χ1) is 7.05. The number of sulfonamides is 1. The quantitative estimate of drug-likeness (QED) is 0.731. The van der Waals surface area contributed by atoms with Crippen LogP contribution in [0.2, 0.25) is 0 Å². The van der Waals surface area contributed by atoms with Crippen LogP contribution in [0.3, 0.4) is 0 Å². The molecule has 0 aromatic carbocycles. The molecule has 1 aromatic rings. The van der Waals surface area contributed by atoms with Crippen molar-refractivity contribution < 1.29 is 13.2 Å². The first-order valence-electron chi connectivity index (χ1n) is 4.13. The van der Waals surface area contributed by atoms with Crippen LogP contribution in [0.4, 0.5) is 0 Å². The van der Waals surface area contributed by atoms with Crippen molar-refractivity contribution in [3.8, 4) is 0 Å². The summed E-state index contributed by atoms with van der Waals surface area (Å²) in [6.45, 7) is 0.0690. The second-order valence-corrected chi connectivity index (χ2v) is 5.42. The van der Waals surface area contributed by atoms with Crippen molar-refractivity contribution >= 4 is 27.3 Å². The molecular formula is C7H11N3O3S2. The number of aromatic nitrogens is 1. The van der Waals surface area contributed by atoms with Crippen LogP contribution in [-0.2, 0) is 10.0 Å². The van der Waals surface area contributed by atoms with Gasteiger partial charge in [-0.2, -0.15) is 0 Å². The molecule has 0 fully saturated rings. The molecule has 1 heterocycles. The van der Waals surface area contributed by atoms with Gasteiger partial charge in [0.2, 0.25) is 10.0 Å². The summed E-state index contributed by atoms with van der Waals surface area (Å²) in [6, 6.07) is 0. The lowest BCUT2D eigenvalue weighted by Gasteiger charge is -2.03. The van der Waals surface area contributed by atoms with Crippen LogP contribution in [0.25, 0.3) is 0 Å². The predicted octanol–water partition coefficient (Wildman–Crippen LogP) is -0.578. The van der Waals surface area contributed by atoms with Gasteiger partial charge in [-0.1, -0.05) is 0 Å². The third-order valence-electron chi connectivity index (χ3n) is 1.63. The Morgan fingerprint density at radius 2 is 2.33 bits per heavy atom. The van der Waals surface area contributed by atoms with Crippen LogP contribution in [0.15, 0.2) is 10.9 Å². The largest absolute Gasteiger partial charge is 0.350 e. The van der Waals surface area contributed by atoms with Gasteiger partial charge in [-0.3, -0.25) is 4.79 Å². The van der Waals surface area contributed by atoms with Gasteiger partial charge in [-0.25, -0.2) is 18.1 Å². The molecule has 0 aliphatic heterocycles. The van der Waals surface area contributed by atoms with E-state index in [4.69, 9.17) is 0 Å². The zero-order valence-corrected chi connectivity index (χ0v) is 9.69. The average molecular weight is 249 g/mol. The van der Waals surface area contributed by atoms with Crippen LogP contribution in [0.1, 0.15) is 10.5 Å². The minimum atomic E-state index is -3.27. The molecule has 0 atom stereocenters. The molecule has 1 aromatic heterocycles. The molecule has 0 spiro atoms. The van der Waals surface area contributed by atoms with Gasteiger partial charge in [0.15, 0.2) is 0 Å². The van der Waals surface area contributed by atoms with E-state index in [1.807, 2.05) is 0 Å². The van der Waals surface area contributed by atoms with E-state index in [0.717, 1.165) is 0 Å². The van der Waals surface area contributed by atoms with Gasteiger partial charge >= 0.3 is 0 Å². The molecule has 0 aliphatic rings. The smallest absolute Gasteiger partial charge is 0.270 e. The monoisotopic (exact) mass is 249 g/mol. The van der Waals surface area contributed by atoms with Crippen LogP contribution >= 0.6 is 11.3 Å². The molecule has 0 radical (unpaired) electrons. The Bertz CT molecular complexity index is 413. The van der Waals surface area contributed by atoms with E-state index in [0.29, 0.717) is 5.69 Å². The number of nitrogens with one attached hydrogen (secondary N) is 2. The molecule has 84 valence electrons. The molecule has 0 bridgehead atoms. The minimum absolute atomic E-state index is 0.0690. The van der Waals surface area contributed by atoms with Gasteiger partial charge in [0.25, 0.3) is 5.91 Å². The second kappa shape index (κ2) is 5.19. The summed E-state index contributed by atoms with van der Waals surface area (Å²) >= 11 is 1.31. The summed E-state index contributed by atoms with van der Waals surface area (Å²) in [5.74, 6) is -0.498. The van der Waals surface area contributed by atoms with Gasteiger partial charge in [0, 0.05) is 11.9 Å². The van der Waals surface area contributed by atoms with Crippen molar-refractivity contribution in [2.75, 3.05) is 19.3 Å². The fourth-order valence-corrected chi connectivity index (χ4v) is 1.92. The number of amides is 1. The van der Waals surface area contributed by atoms with Crippen molar-refractivity contribution in [3.05, 3.63) is 16.6 Å². The molecule has 0 aliphatic carbocycles. The zero-order chi connectivity index (χ0) is 11.3. The molecule has 8 heteroatoms. The molecule has 2 N–H and O–H groups in total. The van der Waals surface area contributed by atoms with Gasteiger partial charge < -0.3 is 5.32 Å². The Morgan fingerprint density at radius 1 is 1.60 bits per heavy atom. The van der Waals surface area contributed by atoms with Crippen LogP contribution in [-0.4, -0.2) is 38.7 Å². The molecule has 6 nitrogen and oxygen atoms in total. The minimum Gasteiger partial charge on any atom is -0.350 e. The maximum atomic E-state index is 11.3. The normalized spacial score (nSPS) is 11.3. The average Bonchev–Trinajstić information content (AvgIpc) is 2.70. The Morgan fingerprint density at radius 3 is 2.87 bits per heavy atom. The van der Waals surface area contributed by atoms with E-state index < -0.39 is 10.0 Å². The second-order valence-electron chi connectivity index (χ2n) is 2.65. The molecule has 15 heavy (non-hydrogen) atoms. The third-order valence-corrected chi connectivity index (χ3v) is 3.58. The lowest BCUT2D eigenvalue weighted by atomic mass is 10.4.